The van der Waals surface area contributed by atoms with Gasteiger partial charge in [-0.3, -0.25) is 4.79 Å². The van der Waals surface area contributed by atoms with Crippen molar-refractivity contribution in [2.24, 2.45) is 0 Å². The minimum atomic E-state index is -0.678. The molecule has 0 aromatic heterocycles. The van der Waals surface area contributed by atoms with Crippen LogP contribution in [0.15, 0.2) is 72.9 Å². The number of hydrogen-bond donors (Lipinski definition) is 3. The first kappa shape index (κ1) is 33.8. The molecule has 0 aliphatic heterocycles. The van der Waals surface area contributed by atoms with Gasteiger partial charge in [0, 0.05) is 6.42 Å². The van der Waals surface area contributed by atoms with Crippen molar-refractivity contribution in [3.63, 3.8) is 0 Å². The van der Waals surface area contributed by atoms with E-state index in [1.165, 1.54) is 51.4 Å². The highest BCUT2D eigenvalue weighted by Crippen LogP contribution is 2.12. The highest BCUT2D eigenvalue weighted by atomic mass is 16.4. The van der Waals surface area contributed by atoms with E-state index < -0.39 is 18.2 Å². The second-order valence-corrected chi connectivity index (χ2v) is 9.29. The van der Waals surface area contributed by atoms with E-state index in [1.807, 2.05) is 42.5 Å². The van der Waals surface area contributed by atoms with Gasteiger partial charge in [-0.1, -0.05) is 131 Å². The van der Waals surface area contributed by atoms with E-state index in [-0.39, 0.29) is 0 Å². The summed E-state index contributed by atoms with van der Waals surface area (Å²) >= 11 is 0. The van der Waals surface area contributed by atoms with Gasteiger partial charge in [-0.05, 0) is 44.9 Å². The molecule has 2 atom stereocenters. The molecule has 0 saturated carbocycles. The largest absolute Gasteiger partial charge is 0.481 e. The molecule has 4 heteroatoms. The van der Waals surface area contributed by atoms with Crippen LogP contribution in [0.25, 0.3) is 0 Å². The molecule has 0 aliphatic carbocycles. The number of aliphatic hydroxyl groups excluding tert-OH is 2. The molecular formula is C32H52O4. The van der Waals surface area contributed by atoms with Crippen molar-refractivity contribution < 1.29 is 20.1 Å². The molecule has 0 rings (SSSR count). The fourth-order valence-electron chi connectivity index (χ4n) is 3.65. The summed E-state index contributed by atoms with van der Waals surface area (Å²) in [4.78, 5) is 10.4. The first-order valence-electron chi connectivity index (χ1n) is 14.1. The second kappa shape index (κ2) is 27.4. The van der Waals surface area contributed by atoms with Crippen LogP contribution in [0, 0.1) is 0 Å². The number of carboxylic acid groups (broad SMARTS) is 1. The summed E-state index contributed by atoms with van der Waals surface area (Å²) in [7, 11) is 0. The van der Waals surface area contributed by atoms with Gasteiger partial charge in [0.25, 0.3) is 0 Å². The number of aliphatic hydroxyl groups is 2. The molecule has 0 aromatic rings. The van der Waals surface area contributed by atoms with Crippen LogP contribution in [0.4, 0.5) is 0 Å². The smallest absolute Gasteiger partial charge is 0.303 e. The first-order valence-corrected chi connectivity index (χ1v) is 14.1. The third-order valence-electron chi connectivity index (χ3n) is 5.77. The Morgan fingerprint density at radius 1 is 0.611 bits per heavy atom. The van der Waals surface area contributed by atoms with Gasteiger partial charge in [0.15, 0.2) is 0 Å². The summed E-state index contributed by atoms with van der Waals surface area (Å²) < 4.78 is 0. The van der Waals surface area contributed by atoms with E-state index in [0.29, 0.717) is 19.3 Å². The SMILES string of the molecule is CC/C=C\CC(O)\C=C/C=C/C=C/C(O)C/C=C\C/C=C\CCCCCCCCCCCCC(=O)O. The Hall–Kier alpha value is -2.17. The van der Waals surface area contributed by atoms with Crippen LogP contribution in [-0.4, -0.2) is 33.5 Å². The van der Waals surface area contributed by atoms with Gasteiger partial charge in [0.05, 0.1) is 12.2 Å². The van der Waals surface area contributed by atoms with Crippen LogP contribution < -0.4 is 0 Å². The molecule has 204 valence electrons. The van der Waals surface area contributed by atoms with Crippen LogP contribution in [-0.2, 0) is 4.79 Å². The molecule has 0 saturated heterocycles. The van der Waals surface area contributed by atoms with Crippen molar-refractivity contribution in [3.05, 3.63) is 72.9 Å². The van der Waals surface area contributed by atoms with Crippen LogP contribution in [0.1, 0.15) is 110 Å². The monoisotopic (exact) mass is 500 g/mol. The molecule has 0 fully saturated rings. The van der Waals surface area contributed by atoms with Crippen LogP contribution in [0.5, 0.6) is 0 Å². The van der Waals surface area contributed by atoms with E-state index >= 15 is 0 Å². The van der Waals surface area contributed by atoms with E-state index in [0.717, 1.165) is 32.1 Å². The number of rotatable bonds is 24. The molecule has 0 bridgehead atoms. The lowest BCUT2D eigenvalue weighted by Crippen LogP contribution is -1.98. The van der Waals surface area contributed by atoms with Crippen molar-refractivity contribution in [3.8, 4) is 0 Å². The van der Waals surface area contributed by atoms with Gasteiger partial charge in [0.1, 0.15) is 0 Å². The zero-order valence-electron chi connectivity index (χ0n) is 22.6. The Morgan fingerprint density at radius 3 is 1.61 bits per heavy atom. The molecule has 0 heterocycles. The van der Waals surface area contributed by atoms with Crippen molar-refractivity contribution in [1.29, 1.82) is 0 Å². The molecule has 3 N–H and O–H groups in total. The van der Waals surface area contributed by atoms with Crippen molar-refractivity contribution >= 4 is 5.97 Å². The highest BCUT2D eigenvalue weighted by molar-refractivity contribution is 5.66. The highest BCUT2D eigenvalue weighted by Gasteiger charge is 1.97. The average molecular weight is 501 g/mol. The quantitative estimate of drug-likeness (QED) is 0.0706. The minimum absolute atomic E-state index is 0.314. The molecule has 4 nitrogen and oxygen atoms in total. The van der Waals surface area contributed by atoms with E-state index in [9.17, 15) is 15.0 Å². The molecule has 36 heavy (non-hydrogen) atoms. The lowest BCUT2D eigenvalue weighted by atomic mass is 10.1. The van der Waals surface area contributed by atoms with Crippen LogP contribution in [0.3, 0.4) is 0 Å². The van der Waals surface area contributed by atoms with Gasteiger partial charge < -0.3 is 15.3 Å². The molecule has 0 spiro atoms. The minimum Gasteiger partial charge on any atom is -0.481 e. The Labute approximate surface area is 220 Å². The van der Waals surface area contributed by atoms with E-state index in [2.05, 4.69) is 25.2 Å². The predicted molar refractivity (Wildman–Crippen MR) is 154 cm³/mol. The standard InChI is InChI=1S/C32H52O4/c1-2-3-20-25-30(33)27-22-18-19-23-28-31(34)26-21-16-14-12-10-8-6-4-5-7-9-11-13-15-17-24-29-32(35)36/h3,10,12,16,18-23,27-28,30-31,33-34H,2,4-9,11,13-15,17,24-26,29H2,1H3,(H,35,36)/b12-10-,19-18+,20-3-,21-16-,27-22-,28-23+. The normalized spacial score (nSPS) is 14.5. The number of unbranched alkanes of at least 4 members (excludes halogenated alkanes) is 10. The molecule has 0 aromatic carbocycles. The number of aliphatic carboxylic acids is 1. The zero-order chi connectivity index (χ0) is 26.5. The van der Waals surface area contributed by atoms with Crippen molar-refractivity contribution in [1.82, 2.24) is 0 Å². The Morgan fingerprint density at radius 2 is 1.08 bits per heavy atom. The number of allylic oxidation sites excluding steroid dienone is 8. The average Bonchev–Trinajstić information content (AvgIpc) is 2.85. The summed E-state index contributed by atoms with van der Waals surface area (Å²) in [6.07, 6.45) is 39.2. The van der Waals surface area contributed by atoms with Gasteiger partial charge >= 0.3 is 5.97 Å². The topological polar surface area (TPSA) is 77.8 Å². The van der Waals surface area contributed by atoms with Crippen LogP contribution >= 0.6 is 0 Å². The lowest BCUT2D eigenvalue weighted by molar-refractivity contribution is -0.137. The molecule has 0 radical (unpaired) electrons. The third-order valence-corrected chi connectivity index (χ3v) is 5.77. The maximum Gasteiger partial charge on any atom is 0.303 e. The summed E-state index contributed by atoms with van der Waals surface area (Å²) in [6.45, 7) is 2.07. The maximum absolute atomic E-state index is 10.4. The fourth-order valence-corrected chi connectivity index (χ4v) is 3.65. The first-order chi connectivity index (χ1) is 17.6. The Kier molecular flexibility index (Phi) is 25.8. The molecule has 2 unspecified atom stereocenters. The van der Waals surface area contributed by atoms with Gasteiger partial charge in [0.2, 0.25) is 0 Å². The summed E-state index contributed by atoms with van der Waals surface area (Å²) in [6, 6.07) is 0. The predicted octanol–water partition coefficient (Wildman–Crippen LogP) is 8.39. The van der Waals surface area contributed by atoms with Gasteiger partial charge in [-0.15, -0.1) is 0 Å². The number of carbonyl (C=O) groups is 1. The molecule has 0 amide bonds. The molecular weight excluding hydrogens is 448 g/mol. The number of carboxylic acids is 1. The molecule has 0 aliphatic rings. The Balaban J connectivity index is 3.58. The van der Waals surface area contributed by atoms with Crippen LogP contribution in [0.2, 0.25) is 0 Å². The number of hydrogen-bond acceptors (Lipinski definition) is 3. The maximum atomic E-state index is 10.4. The lowest BCUT2D eigenvalue weighted by Gasteiger charge is -2.01. The summed E-state index contributed by atoms with van der Waals surface area (Å²) in [5.74, 6) is -0.678. The van der Waals surface area contributed by atoms with E-state index in [4.69, 9.17) is 5.11 Å². The Bertz CT molecular complexity index is 670. The van der Waals surface area contributed by atoms with Crippen molar-refractivity contribution in [2.45, 2.75) is 122 Å². The fraction of sp³-hybridized carbons (Fsp3) is 0.594. The summed E-state index contributed by atoms with van der Waals surface area (Å²) in [5.41, 5.74) is 0. The van der Waals surface area contributed by atoms with Gasteiger partial charge in [-0.2, -0.15) is 0 Å². The van der Waals surface area contributed by atoms with Gasteiger partial charge in [-0.25, -0.2) is 0 Å². The third kappa shape index (κ3) is 28.1. The second-order valence-electron chi connectivity index (χ2n) is 9.29. The van der Waals surface area contributed by atoms with Crippen molar-refractivity contribution in [2.75, 3.05) is 0 Å². The zero-order valence-corrected chi connectivity index (χ0v) is 22.6. The summed E-state index contributed by atoms with van der Waals surface area (Å²) in [5, 5.41) is 28.3. The van der Waals surface area contributed by atoms with E-state index in [1.54, 1.807) is 12.2 Å².